The van der Waals surface area contributed by atoms with Crippen LogP contribution in [-0.2, 0) is 4.79 Å². The Morgan fingerprint density at radius 3 is 2.60 bits per heavy atom. The lowest BCUT2D eigenvalue weighted by atomic mass is 10.1. The Hall–Kier alpha value is -2.34. The van der Waals surface area contributed by atoms with Gasteiger partial charge in [-0.05, 0) is 23.6 Å². The molecule has 0 aliphatic rings. The average molecular weight is 291 g/mol. The zero-order chi connectivity index (χ0) is 14.5. The number of carbonyl (C=O) groups excluding carboxylic acids is 1. The lowest BCUT2D eigenvalue weighted by Gasteiger charge is -2.14. The number of carboxylic acid groups (broad SMARTS) is 1. The van der Waals surface area contributed by atoms with Gasteiger partial charge in [0.15, 0.2) is 6.04 Å². The molecule has 2 rings (SSSR count). The van der Waals surface area contributed by atoms with E-state index in [9.17, 15) is 14.7 Å². The van der Waals surface area contributed by atoms with E-state index in [0.29, 0.717) is 16.2 Å². The maximum absolute atomic E-state index is 12.2. The van der Waals surface area contributed by atoms with Gasteiger partial charge in [-0.1, -0.05) is 18.2 Å². The molecule has 2 N–H and O–H groups in total. The Labute approximate surface area is 119 Å². The maximum Gasteiger partial charge on any atom is 0.331 e. The molecule has 0 aliphatic carbocycles. The second-order valence-electron chi connectivity index (χ2n) is 3.96. The van der Waals surface area contributed by atoms with Gasteiger partial charge in [0.1, 0.15) is 5.75 Å². The molecule has 6 heteroatoms. The highest BCUT2D eigenvalue weighted by molar-refractivity contribution is 7.10. The van der Waals surface area contributed by atoms with E-state index in [1.54, 1.807) is 41.8 Å². The summed E-state index contributed by atoms with van der Waals surface area (Å²) in [6.45, 7) is 0. The van der Waals surface area contributed by atoms with Crippen LogP contribution in [-0.4, -0.2) is 24.1 Å². The summed E-state index contributed by atoms with van der Waals surface area (Å²) in [5.41, 5.74) is 0.304. The Balaban J connectivity index is 2.23. The molecule has 1 amide bonds. The summed E-state index contributed by atoms with van der Waals surface area (Å²) in [5.74, 6) is -1.18. The van der Waals surface area contributed by atoms with Gasteiger partial charge >= 0.3 is 5.97 Å². The molecule has 0 saturated heterocycles. The van der Waals surface area contributed by atoms with Gasteiger partial charge in [-0.2, -0.15) is 0 Å². The molecule has 1 atom stereocenters. The molecule has 2 aromatic rings. The van der Waals surface area contributed by atoms with Crippen molar-refractivity contribution in [2.45, 2.75) is 6.04 Å². The Bertz CT molecular complexity index is 609. The van der Waals surface area contributed by atoms with Crippen LogP contribution in [0.1, 0.15) is 21.3 Å². The van der Waals surface area contributed by atoms with Crippen LogP contribution in [0.4, 0.5) is 0 Å². The van der Waals surface area contributed by atoms with Gasteiger partial charge in [-0.25, -0.2) is 4.79 Å². The highest BCUT2D eigenvalue weighted by Crippen LogP contribution is 2.22. The third kappa shape index (κ3) is 2.97. The molecule has 0 saturated carbocycles. The number of benzene rings is 1. The number of rotatable bonds is 5. The van der Waals surface area contributed by atoms with Gasteiger partial charge < -0.3 is 15.2 Å². The monoisotopic (exact) mass is 291 g/mol. The largest absolute Gasteiger partial charge is 0.496 e. The summed E-state index contributed by atoms with van der Waals surface area (Å²) in [5, 5.41) is 13.5. The fraction of sp³-hybridized carbons (Fsp3) is 0.143. The third-order valence-electron chi connectivity index (χ3n) is 2.70. The van der Waals surface area contributed by atoms with Crippen LogP contribution in [0, 0.1) is 0 Å². The number of hydrogen-bond acceptors (Lipinski definition) is 4. The van der Waals surface area contributed by atoms with Crippen molar-refractivity contribution < 1.29 is 19.4 Å². The first kappa shape index (κ1) is 14.1. The molecule has 1 unspecified atom stereocenters. The molecular formula is C14H13NO4S. The number of thiophene rings is 1. The molecule has 20 heavy (non-hydrogen) atoms. The van der Waals surface area contributed by atoms with E-state index >= 15 is 0 Å². The number of nitrogens with one attached hydrogen (secondary N) is 1. The number of carboxylic acids is 1. The SMILES string of the molecule is COc1ccccc1C(=O)NC(C(=O)O)c1cccs1. The minimum absolute atomic E-state index is 0.304. The number of aliphatic carboxylic acids is 1. The number of para-hydroxylation sites is 1. The minimum Gasteiger partial charge on any atom is -0.496 e. The smallest absolute Gasteiger partial charge is 0.331 e. The Morgan fingerprint density at radius 1 is 1.25 bits per heavy atom. The van der Waals surface area contributed by atoms with Gasteiger partial charge in [-0.15, -0.1) is 11.3 Å². The Morgan fingerprint density at radius 2 is 2.00 bits per heavy atom. The number of hydrogen-bond donors (Lipinski definition) is 2. The van der Waals surface area contributed by atoms with E-state index in [1.807, 2.05) is 0 Å². The average Bonchev–Trinajstić information content (AvgIpc) is 2.97. The molecule has 1 aromatic carbocycles. The van der Waals surface area contributed by atoms with E-state index in [1.165, 1.54) is 18.4 Å². The van der Waals surface area contributed by atoms with Gasteiger partial charge in [-0.3, -0.25) is 4.79 Å². The number of carbonyl (C=O) groups is 2. The first-order valence-corrected chi connectivity index (χ1v) is 6.71. The van der Waals surface area contributed by atoms with E-state index in [-0.39, 0.29) is 0 Å². The van der Waals surface area contributed by atoms with Crippen LogP contribution in [0.5, 0.6) is 5.75 Å². The predicted molar refractivity (Wildman–Crippen MR) is 75.2 cm³/mol. The van der Waals surface area contributed by atoms with E-state index < -0.39 is 17.9 Å². The van der Waals surface area contributed by atoms with Gasteiger partial charge in [0, 0.05) is 4.88 Å². The van der Waals surface area contributed by atoms with Crippen molar-refractivity contribution in [3.63, 3.8) is 0 Å². The standard InChI is InChI=1S/C14H13NO4S/c1-19-10-6-3-2-5-9(10)13(16)15-12(14(17)18)11-7-4-8-20-11/h2-8,12H,1H3,(H,15,16)(H,17,18). The highest BCUT2D eigenvalue weighted by Gasteiger charge is 2.24. The van der Waals surface area contributed by atoms with Crippen LogP contribution in [0.3, 0.4) is 0 Å². The molecule has 1 aromatic heterocycles. The van der Waals surface area contributed by atoms with E-state index in [2.05, 4.69) is 5.32 Å². The maximum atomic E-state index is 12.2. The number of methoxy groups -OCH3 is 1. The molecule has 1 heterocycles. The lowest BCUT2D eigenvalue weighted by molar-refractivity contribution is -0.139. The molecule has 104 valence electrons. The summed E-state index contributed by atoms with van der Waals surface area (Å²) in [6.07, 6.45) is 0. The van der Waals surface area contributed by atoms with Crippen molar-refractivity contribution in [2.75, 3.05) is 7.11 Å². The van der Waals surface area contributed by atoms with Crippen molar-refractivity contribution in [1.29, 1.82) is 0 Å². The fourth-order valence-corrected chi connectivity index (χ4v) is 2.52. The van der Waals surface area contributed by atoms with E-state index in [4.69, 9.17) is 4.74 Å². The molecule has 0 spiro atoms. The molecule has 5 nitrogen and oxygen atoms in total. The second-order valence-corrected chi connectivity index (χ2v) is 4.94. The van der Waals surface area contributed by atoms with Crippen LogP contribution in [0.2, 0.25) is 0 Å². The zero-order valence-electron chi connectivity index (χ0n) is 10.7. The fourth-order valence-electron chi connectivity index (χ4n) is 1.75. The van der Waals surface area contributed by atoms with Gasteiger partial charge in [0.2, 0.25) is 0 Å². The lowest BCUT2D eigenvalue weighted by Crippen LogP contribution is -2.33. The normalized spacial score (nSPS) is 11.7. The zero-order valence-corrected chi connectivity index (χ0v) is 11.5. The first-order chi connectivity index (χ1) is 9.63. The summed E-state index contributed by atoms with van der Waals surface area (Å²) in [6, 6.07) is 9.02. The second kappa shape index (κ2) is 6.21. The van der Waals surface area contributed by atoms with Gasteiger partial charge in [0.25, 0.3) is 5.91 Å². The predicted octanol–water partition coefficient (Wildman–Crippen LogP) is 2.31. The first-order valence-electron chi connectivity index (χ1n) is 5.83. The van der Waals surface area contributed by atoms with Crippen LogP contribution in [0.25, 0.3) is 0 Å². The van der Waals surface area contributed by atoms with Crippen molar-refractivity contribution >= 4 is 23.2 Å². The van der Waals surface area contributed by atoms with Crippen LogP contribution < -0.4 is 10.1 Å². The Kier molecular flexibility index (Phi) is 4.37. The van der Waals surface area contributed by atoms with Crippen molar-refractivity contribution in [3.8, 4) is 5.75 Å². The topological polar surface area (TPSA) is 75.6 Å². The number of amides is 1. The van der Waals surface area contributed by atoms with E-state index in [0.717, 1.165) is 0 Å². The van der Waals surface area contributed by atoms with Crippen LogP contribution >= 0.6 is 11.3 Å². The van der Waals surface area contributed by atoms with Crippen molar-refractivity contribution in [1.82, 2.24) is 5.32 Å². The highest BCUT2D eigenvalue weighted by atomic mass is 32.1. The van der Waals surface area contributed by atoms with Crippen LogP contribution in [0.15, 0.2) is 41.8 Å². The summed E-state index contributed by atoms with van der Waals surface area (Å²) >= 11 is 1.28. The molecule has 0 fully saturated rings. The summed E-state index contributed by atoms with van der Waals surface area (Å²) < 4.78 is 5.09. The third-order valence-corrected chi connectivity index (χ3v) is 3.64. The summed E-state index contributed by atoms with van der Waals surface area (Å²) in [4.78, 5) is 24.0. The minimum atomic E-state index is -1.10. The van der Waals surface area contributed by atoms with Gasteiger partial charge in [0.05, 0.1) is 12.7 Å². The summed E-state index contributed by atoms with van der Waals surface area (Å²) in [7, 11) is 1.46. The molecule has 0 bridgehead atoms. The number of ether oxygens (including phenoxy) is 1. The molecule has 0 aliphatic heterocycles. The van der Waals surface area contributed by atoms with Crippen molar-refractivity contribution in [2.24, 2.45) is 0 Å². The quantitative estimate of drug-likeness (QED) is 0.886. The molecular weight excluding hydrogens is 278 g/mol. The molecule has 0 radical (unpaired) electrons. The van der Waals surface area contributed by atoms with Crippen molar-refractivity contribution in [3.05, 3.63) is 52.2 Å².